The number of anilines is 1. The molecular weight excluding hydrogens is 449 g/mol. The van der Waals surface area contributed by atoms with Gasteiger partial charge in [0.2, 0.25) is 0 Å². The zero-order valence-electron chi connectivity index (χ0n) is 16.6. The average molecular weight is 469 g/mol. The van der Waals surface area contributed by atoms with E-state index in [-0.39, 0.29) is 22.5 Å². The van der Waals surface area contributed by atoms with Gasteiger partial charge in [-0.05, 0) is 60.8 Å². The van der Waals surface area contributed by atoms with Crippen molar-refractivity contribution in [3.05, 3.63) is 82.0 Å². The average Bonchev–Trinajstić information content (AvgIpc) is 3.26. The van der Waals surface area contributed by atoms with Crippen LogP contribution in [0.15, 0.2) is 70.9 Å². The SMILES string of the molecule is CC(c1cccs1)N(C)C(=O)c1ccc(S(=O)(=O)Nc2cccc(C(F)(F)F)c2)cc1. The second-order valence-electron chi connectivity index (χ2n) is 6.82. The van der Waals surface area contributed by atoms with Crippen molar-refractivity contribution in [1.29, 1.82) is 0 Å². The normalized spacial score (nSPS) is 12.9. The summed E-state index contributed by atoms with van der Waals surface area (Å²) in [6, 6.07) is 12.8. The molecule has 5 nitrogen and oxygen atoms in total. The summed E-state index contributed by atoms with van der Waals surface area (Å²) in [5.74, 6) is -0.282. The molecule has 0 bridgehead atoms. The number of rotatable bonds is 6. The van der Waals surface area contributed by atoms with Crippen LogP contribution in [0.1, 0.15) is 33.8 Å². The van der Waals surface area contributed by atoms with Gasteiger partial charge in [0.15, 0.2) is 0 Å². The second kappa shape index (κ2) is 8.72. The molecule has 0 saturated heterocycles. The first-order valence-corrected chi connectivity index (χ1v) is 11.5. The first kappa shape index (κ1) is 22.8. The molecule has 0 fully saturated rings. The summed E-state index contributed by atoms with van der Waals surface area (Å²) < 4.78 is 65.8. The van der Waals surface area contributed by atoms with Crippen LogP contribution in [0.4, 0.5) is 18.9 Å². The Morgan fingerprint density at radius 1 is 1.06 bits per heavy atom. The van der Waals surface area contributed by atoms with E-state index in [1.807, 2.05) is 24.4 Å². The van der Waals surface area contributed by atoms with Crippen LogP contribution < -0.4 is 4.72 Å². The number of amides is 1. The number of nitrogens with one attached hydrogen (secondary N) is 1. The van der Waals surface area contributed by atoms with Crippen molar-refractivity contribution in [1.82, 2.24) is 4.90 Å². The number of halogens is 3. The first-order valence-electron chi connectivity index (χ1n) is 9.10. The van der Waals surface area contributed by atoms with Crippen molar-refractivity contribution in [3.8, 4) is 0 Å². The number of carbonyl (C=O) groups excluding carboxylic acids is 1. The van der Waals surface area contributed by atoms with Gasteiger partial charge in [0.25, 0.3) is 15.9 Å². The van der Waals surface area contributed by atoms with Gasteiger partial charge in [-0.3, -0.25) is 9.52 Å². The molecule has 3 aromatic rings. The van der Waals surface area contributed by atoms with Crippen LogP contribution in [0.5, 0.6) is 0 Å². The van der Waals surface area contributed by atoms with E-state index in [1.54, 1.807) is 11.9 Å². The molecule has 0 aliphatic heterocycles. The van der Waals surface area contributed by atoms with E-state index in [2.05, 4.69) is 4.72 Å². The molecule has 3 rings (SSSR count). The summed E-state index contributed by atoms with van der Waals surface area (Å²) in [6.07, 6.45) is -4.59. The van der Waals surface area contributed by atoms with Crippen LogP contribution in [0.2, 0.25) is 0 Å². The number of alkyl halides is 3. The Labute approximate surface area is 182 Å². The van der Waals surface area contributed by atoms with Gasteiger partial charge in [-0.2, -0.15) is 13.2 Å². The van der Waals surface area contributed by atoms with Gasteiger partial charge in [0.1, 0.15) is 0 Å². The molecule has 0 aliphatic rings. The van der Waals surface area contributed by atoms with Gasteiger partial charge in [-0.25, -0.2) is 8.42 Å². The number of sulfonamides is 1. The lowest BCUT2D eigenvalue weighted by Crippen LogP contribution is -2.29. The summed E-state index contributed by atoms with van der Waals surface area (Å²) in [4.78, 5) is 15.1. The zero-order valence-corrected chi connectivity index (χ0v) is 18.2. The Hall–Kier alpha value is -2.85. The van der Waals surface area contributed by atoms with Crippen molar-refractivity contribution >= 4 is 33.0 Å². The minimum atomic E-state index is -4.59. The molecule has 0 spiro atoms. The van der Waals surface area contributed by atoms with E-state index in [1.165, 1.54) is 41.7 Å². The largest absolute Gasteiger partial charge is 0.416 e. The van der Waals surface area contributed by atoms with Crippen molar-refractivity contribution < 1.29 is 26.4 Å². The third-order valence-corrected chi connectivity index (χ3v) is 7.15. The molecule has 1 aromatic heterocycles. The monoisotopic (exact) mass is 468 g/mol. The molecule has 0 aliphatic carbocycles. The highest BCUT2D eigenvalue weighted by atomic mass is 32.2. The fourth-order valence-corrected chi connectivity index (χ4v) is 4.73. The van der Waals surface area contributed by atoms with Crippen molar-refractivity contribution in [3.63, 3.8) is 0 Å². The lowest BCUT2D eigenvalue weighted by atomic mass is 10.1. The standard InChI is InChI=1S/C21H19F3N2O3S2/c1-14(19-7-4-12-30-19)26(2)20(27)15-8-10-18(11-9-15)31(28,29)25-17-6-3-5-16(13-17)21(22,23)24/h3-14,25H,1-2H3. The topological polar surface area (TPSA) is 66.5 Å². The Kier molecular flexibility index (Phi) is 6.42. The lowest BCUT2D eigenvalue weighted by molar-refractivity contribution is -0.137. The predicted molar refractivity (Wildman–Crippen MR) is 114 cm³/mol. The third-order valence-electron chi connectivity index (χ3n) is 4.71. The third kappa shape index (κ3) is 5.26. The number of benzene rings is 2. The van der Waals surface area contributed by atoms with Crippen molar-refractivity contribution in [2.45, 2.75) is 24.0 Å². The van der Waals surface area contributed by atoms with E-state index in [4.69, 9.17) is 0 Å². The van der Waals surface area contributed by atoms with Crippen molar-refractivity contribution in [2.24, 2.45) is 0 Å². The molecule has 1 unspecified atom stereocenters. The summed E-state index contributed by atoms with van der Waals surface area (Å²) in [5, 5.41) is 1.92. The lowest BCUT2D eigenvalue weighted by Gasteiger charge is -2.24. The molecule has 1 heterocycles. The van der Waals surface area contributed by atoms with E-state index in [0.717, 1.165) is 23.1 Å². The Balaban J connectivity index is 1.76. The molecule has 31 heavy (non-hydrogen) atoms. The number of thiophene rings is 1. The maximum absolute atomic E-state index is 12.8. The summed E-state index contributed by atoms with van der Waals surface area (Å²) in [7, 11) is -2.47. The fraction of sp³-hybridized carbons (Fsp3) is 0.190. The number of nitrogens with zero attached hydrogens (tertiary/aromatic N) is 1. The number of hydrogen-bond donors (Lipinski definition) is 1. The highest BCUT2D eigenvalue weighted by Gasteiger charge is 2.30. The quantitative estimate of drug-likeness (QED) is 0.527. The number of hydrogen-bond acceptors (Lipinski definition) is 4. The van der Waals surface area contributed by atoms with Crippen molar-refractivity contribution in [2.75, 3.05) is 11.8 Å². The highest BCUT2D eigenvalue weighted by molar-refractivity contribution is 7.92. The number of carbonyl (C=O) groups is 1. The van der Waals surface area contributed by atoms with E-state index < -0.39 is 21.8 Å². The Morgan fingerprint density at radius 3 is 2.32 bits per heavy atom. The van der Waals surface area contributed by atoms with Gasteiger partial charge in [-0.1, -0.05) is 12.1 Å². The van der Waals surface area contributed by atoms with E-state index in [9.17, 15) is 26.4 Å². The summed E-state index contributed by atoms with van der Waals surface area (Å²) >= 11 is 1.53. The maximum Gasteiger partial charge on any atom is 0.416 e. The molecule has 1 amide bonds. The van der Waals surface area contributed by atoms with Crippen LogP contribution in [-0.2, 0) is 16.2 Å². The van der Waals surface area contributed by atoms with E-state index >= 15 is 0 Å². The zero-order chi connectivity index (χ0) is 22.8. The minimum absolute atomic E-state index is 0.154. The van der Waals surface area contributed by atoms with Gasteiger partial charge in [-0.15, -0.1) is 11.3 Å². The van der Waals surface area contributed by atoms with Crippen LogP contribution >= 0.6 is 11.3 Å². The molecule has 0 radical (unpaired) electrons. The fourth-order valence-electron chi connectivity index (χ4n) is 2.85. The molecular formula is C21H19F3N2O3S2. The highest BCUT2D eigenvalue weighted by Crippen LogP contribution is 2.31. The Morgan fingerprint density at radius 2 is 1.74 bits per heavy atom. The molecule has 0 saturated carbocycles. The second-order valence-corrected chi connectivity index (χ2v) is 9.48. The molecule has 2 aromatic carbocycles. The van der Waals surface area contributed by atoms with Gasteiger partial charge in [0.05, 0.1) is 16.5 Å². The van der Waals surface area contributed by atoms with Crippen LogP contribution in [0.3, 0.4) is 0 Å². The van der Waals surface area contributed by atoms with E-state index in [0.29, 0.717) is 5.56 Å². The summed E-state index contributed by atoms with van der Waals surface area (Å²) in [6.45, 7) is 1.89. The van der Waals surface area contributed by atoms with Gasteiger partial charge < -0.3 is 4.90 Å². The van der Waals surface area contributed by atoms with Crippen LogP contribution in [0, 0.1) is 0 Å². The minimum Gasteiger partial charge on any atom is -0.334 e. The Bertz CT molecular complexity index is 1160. The maximum atomic E-state index is 12.8. The molecule has 10 heteroatoms. The molecule has 1 N–H and O–H groups in total. The molecule has 1 atom stereocenters. The first-order chi connectivity index (χ1) is 14.5. The van der Waals surface area contributed by atoms with Crippen LogP contribution in [0.25, 0.3) is 0 Å². The van der Waals surface area contributed by atoms with Gasteiger partial charge >= 0.3 is 6.18 Å². The van der Waals surface area contributed by atoms with Crippen LogP contribution in [-0.4, -0.2) is 26.3 Å². The smallest absolute Gasteiger partial charge is 0.334 e. The predicted octanol–water partition coefficient (Wildman–Crippen LogP) is 5.40. The van der Waals surface area contributed by atoms with Gasteiger partial charge in [0, 0.05) is 23.2 Å². The summed E-state index contributed by atoms with van der Waals surface area (Å²) in [5.41, 5.74) is -0.875. The molecule has 164 valence electrons.